The van der Waals surface area contributed by atoms with Gasteiger partial charge in [0.1, 0.15) is 17.0 Å². The summed E-state index contributed by atoms with van der Waals surface area (Å²) in [4.78, 5) is 19.0. The van der Waals surface area contributed by atoms with E-state index in [9.17, 15) is 18.3 Å². The van der Waals surface area contributed by atoms with Gasteiger partial charge in [0.2, 0.25) is 0 Å². The number of sulfonamides is 1. The number of phenols is 1. The number of aldehydes is 1. The molecule has 0 aliphatic heterocycles. The van der Waals surface area contributed by atoms with E-state index in [1.165, 1.54) is 53.9 Å². The summed E-state index contributed by atoms with van der Waals surface area (Å²) in [5.41, 5.74) is 1.30. The van der Waals surface area contributed by atoms with Crippen LogP contribution in [0.25, 0.3) is 10.9 Å². The predicted molar refractivity (Wildman–Crippen MR) is 112 cm³/mol. The zero-order valence-electron chi connectivity index (χ0n) is 15.1. The molecule has 4 aromatic rings. The van der Waals surface area contributed by atoms with Crippen molar-refractivity contribution in [2.24, 2.45) is 10.2 Å². The van der Waals surface area contributed by atoms with Crippen LogP contribution in [0.4, 0.5) is 16.5 Å². The molecule has 0 spiro atoms. The first kappa shape index (κ1) is 19.6. The van der Waals surface area contributed by atoms with E-state index in [0.717, 1.165) is 0 Å². The number of rotatable bonds is 6. The van der Waals surface area contributed by atoms with Crippen LogP contribution in [-0.4, -0.2) is 29.8 Å². The molecule has 2 aromatic carbocycles. The van der Waals surface area contributed by atoms with Gasteiger partial charge < -0.3 is 5.11 Å². The summed E-state index contributed by atoms with van der Waals surface area (Å²) in [5, 5.41) is 20.7. The van der Waals surface area contributed by atoms with Gasteiger partial charge >= 0.3 is 0 Å². The number of thiazole rings is 1. The van der Waals surface area contributed by atoms with E-state index >= 15 is 0 Å². The molecule has 0 bridgehead atoms. The maximum atomic E-state index is 12.4. The third kappa shape index (κ3) is 4.02. The minimum Gasteiger partial charge on any atom is -0.506 e. The number of fused-ring (bicyclic) bond motifs is 1. The Morgan fingerprint density at radius 2 is 1.83 bits per heavy atom. The molecule has 2 heterocycles. The molecule has 0 atom stereocenters. The van der Waals surface area contributed by atoms with Gasteiger partial charge in [-0.2, -0.15) is 5.11 Å². The average Bonchev–Trinajstić information content (AvgIpc) is 3.26. The summed E-state index contributed by atoms with van der Waals surface area (Å²) >= 11 is 1.18. The Hall–Kier alpha value is -3.70. The number of azo groups is 1. The van der Waals surface area contributed by atoms with Crippen molar-refractivity contribution in [1.29, 1.82) is 0 Å². The number of aromatic hydroxyl groups is 1. The number of carbonyl (C=O) groups excluding carboxylic acids is 1. The summed E-state index contributed by atoms with van der Waals surface area (Å²) in [6, 6.07) is 12.0. The molecule has 0 unspecified atom stereocenters. The maximum Gasteiger partial charge on any atom is 0.263 e. The fraction of sp³-hybridized carbons (Fsp3) is 0. The Labute approximate surface area is 174 Å². The first-order valence-corrected chi connectivity index (χ1v) is 10.8. The lowest BCUT2D eigenvalue weighted by molar-refractivity contribution is 0.111. The Kier molecular flexibility index (Phi) is 5.21. The van der Waals surface area contributed by atoms with E-state index < -0.39 is 10.0 Å². The molecular formula is C19H13N5O4S2. The van der Waals surface area contributed by atoms with E-state index in [1.54, 1.807) is 17.5 Å². The molecule has 0 saturated carbocycles. The van der Waals surface area contributed by atoms with Gasteiger partial charge in [0.15, 0.2) is 11.4 Å². The lowest BCUT2D eigenvalue weighted by Gasteiger charge is -2.05. The number of anilines is 1. The topological polar surface area (TPSA) is 134 Å². The number of hydrogen-bond donors (Lipinski definition) is 2. The SMILES string of the molecule is O=Cc1ccc2c(N=Nc3ccc(S(=O)(=O)Nc4nccs4)cc3)ccc(O)c2n1. The molecule has 2 aromatic heterocycles. The summed E-state index contributed by atoms with van der Waals surface area (Å²) in [6.07, 6.45) is 2.10. The van der Waals surface area contributed by atoms with Gasteiger partial charge in [0.05, 0.1) is 16.3 Å². The van der Waals surface area contributed by atoms with Crippen molar-refractivity contribution in [2.45, 2.75) is 4.90 Å². The summed E-state index contributed by atoms with van der Waals surface area (Å²) < 4.78 is 27.1. The second-order valence-electron chi connectivity index (χ2n) is 5.99. The van der Waals surface area contributed by atoms with E-state index in [-0.39, 0.29) is 27.0 Å². The number of pyridine rings is 1. The van der Waals surface area contributed by atoms with Crippen molar-refractivity contribution in [3.05, 3.63) is 65.8 Å². The van der Waals surface area contributed by atoms with Crippen molar-refractivity contribution >= 4 is 55.1 Å². The van der Waals surface area contributed by atoms with E-state index in [1.807, 2.05) is 0 Å². The summed E-state index contributed by atoms with van der Waals surface area (Å²) in [7, 11) is -3.75. The van der Waals surface area contributed by atoms with E-state index in [2.05, 4.69) is 24.9 Å². The normalized spacial score (nSPS) is 11.7. The summed E-state index contributed by atoms with van der Waals surface area (Å²) in [5.74, 6) is -0.0741. The van der Waals surface area contributed by atoms with Crippen LogP contribution in [0.1, 0.15) is 10.5 Å². The number of nitrogens with zero attached hydrogens (tertiary/aromatic N) is 4. The minimum absolute atomic E-state index is 0.0670. The minimum atomic E-state index is -3.75. The zero-order valence-corrected chi connectivity index (χ0v) is 16.8. The number of nitrogens with one attached hydrogen (secondary N) is 1. The van der Waals surface area contributed by atoms with Crippen LogP contribution in [0.3, 0.4) is 0 Å². The average molecular weight is 439 g/mol. The van der Waals surface area contributed by atoms with Crippen molar-refractivity contribution in [3.63, 3.8) is 0 Å². The first-order valence-electron chi connectivity index (χ1n) is 8.48. The Morgan fingerprint density at radius 3 is 2.53 bits per heavy atom. The van der Waals surface area contributed by atoms with Crippen LogP contribution in [0, 0.1) is 0 Å². The molecule has 0 fully saturated rings. The van der Waals surface area contributed by atoms with Gasteiger partial charge in [-0.1, -0.05) is 0 Å². The van der Waals surface area contributed by atoms with E-state index in [4.69, 9.17) is 0 Å². The van der Waals surface area contributed by atoms with Crippen LogP contribution < -0.4 is 4.72 Å². The van der Waals surface area contributed by atoms with Crippen molar-refractivity contribution in [3.8, 4) is 5.75 Å². The maximum absolute atomic E-state index is 12.4. The van der Waals surface area contributed by atoms with Gasteiger partial charge in [0, 0.05) is 17.0 Å². The molecular weight excluding hydrogens is 426 g/mol. The fourth-order valence-corrected chi connectivity index (χ4v) is 4.40. The number of benzene rings is 2. The molecule has 0 aliphatic rings. The Balaban J connectivity index is 1.59. The van der Waals surface area contributed by atoms with Crippen LogP contribution in [0.2, 0.25) is 0 Å². The van der Waals surface area contributed by atoms with Gasteiger partial charge in [-0.15, -0.1) is 16.5 Å². The highest BCUT2D eigenvalue weighted by Gasteiger charge is 2.15. The van der Waals surface area contributed by atoms with Crippen molar-refractivity contribution in [2.75, 3.05) is 4.72 Å². The molecule has 30 heavy (non-hydrogen) atoms. The molecule has 0 saturated heterocycles. The molecule has 0 amide bonds. The molecule has 150 valence electrons. The lowest BCUT2D eigenvalue weighted by Crippen LogP contribution is -2.12. The summed E-state index contributed by atoms with van der Waals surface area (Å²) in [6.45, 7) is 0. The highest BCUT2D eigenvalue weighted by atomic mass is 32.2. The Morgan fingerprint density at radius 1 is 1.03 bits per heavy atom. The van der Waals surface area contributed by atoms with Crippen LogP contribution in [-0.2, 0) is 10.0 Å². The Bertz CT molecular complexity index is 1350. The smallest absolute Gasteiger partial charge is 0.263 e. The van der Waals surface area contributed by atoms with Crippen LogP contribution >= 0.6 is 11.3 Å². The molecule has 0 radical (unpaired) electrons. The second-order valence-corrected chi connectivity index (χ2v) is 8.57. The number of phenolic OH excluding ortho intramolecular Hbond substituents is 1. The van der Waals surface area contributed by atoms with Crippen LogP contribution in [0.5, 0.6) is 5.75 Å². The molecule has 0 aliphatic carbocycles. The molecule has 9 nitrogen and oxygen atoms in total. The number of aromatic nitrogens is 2. The van der Waals surface area contributed by atoms with Gasteiger partial charge in [-0.05, 0) is 48.5 Å². The van der Waals surface area contributed by atoms with E-state index in [0.29, 0.717) is 23.0 Å². The lowest BCUT2D eigenvalue weighted by atomic mass is 10.1. The first-order chi connectivity index (χ1) is 14.5. The number of hydrogen-bond acceptors (Lipinski definition) is 9. The quantitative estimate of drug-likeness (QED) is 0.337. The third-order valence-corrected chi connectivity index (χ3v) is 6.20. The van der Waals surface area contributed by atoms with Gasteiger partial charge in [-0.3, -0.25) is 9.52 Å². The number of carbonyl (C=O) groups is 1. The van der Waals surface area contributed by atoms with Gasteiger partial charge in [-0.25, -0.2) is 18.4 Å². The molecule has 4 rings (SSSR count). The van der Waals surface area contributed by atoms with Crippen molar-refractivity contribution in [1.82, 2.24) is 9.97 Å². The zero-order chi connectivity index (χ0) is 21.1. The monoisotopic (exact) mass is 439 g/mol. The van der Waals surface area contributed by atoms with Crippen molar-refractivity contribution < 1.29 is 18.3 Å². The largest absolute Gasteiger partial charge is 0.506 e. The third-order valence-electron chi connectivity index (χ3n) is 4.03. The highest BCUT2D eigenvalue weighted by Crippen LogP contribution is 2.32. The predicted octanol–water partition coefficient (Wildman–Crippen LogP) is 4.43. The molecule has 11 heteroatoms. The fourth-order valence-electron chi connectivity index (χ4n) is 2.61. The standard InChI is InChI=1S/C19H13N5O4S2/c25-11-13-3-6-15-16(7-8-17(26)18(15)21-13)23-22-12-1-4-14(5-2-12)30(27,28)24-19-20-9-10-29-19/h1-11,26H,(H,20,24). The highest BCUT2D eigenvalue weighted by molar-refractivity contribution is 7.93. The van der Waals surface area contributed by atoms with Crippen LogP contribution in [0.15, 0.2) is 75.2 Å². The second kappa shape index (κ2) is 7.97. The van der Waals surface area contributed by atoms with Gasteiger partial charge in [0.25, 0.3) is 10.0 Å². The molecule has 2 N–H and O–H groups in total.